The summed E-state index contributed by atoms with van der Waals surface area (Å²) in [4.78, 5) is 12.3. The number of carbonyl (C=O) groups is 1. The Balaban J connectivity index is 1.55. The summed E-state index contributed by atoms with van der Waals surface area (Å²) in [5.74, 6) is 0.832. The molecule has 0 aliphatic carbocycles. The van der Waals surface area contributed by atoms with Gasteiger partial charge in [-0.15, -0.1) is 0 Å². The van der Waals surface area contributed by atoms with Crippen LogP contribution in [0.25, 0.3) is 0 Å². The van der Waals surface area contributed by atoms with Crippen molar-refractivity contribution in [1.29, 1.82) is 0 Å². The number of hydrogen-bond acceptors (Lipinski definition) is 5. The van der Waals surface area contributed by atoms with Crippen molar-refractivity contribution < 1.29 is 17.9 Å². The summed E-state index contributed by atoms with van der Waals surface area (Å²) < 4.78 is 31.0. The predicted octanol–water partition coefficient (Wildman–Crippen LogP) is 3.43. The summed E-state index contributed by atoms with van der Waals surface area (Å²) >= 11 is 0. The third-order valence-corrected chi connectivity index (χ3v) is 5.77. The molecule has 0 aromatic heterocycles. The first-order valence-electron chi connectivity index (χ1n) is 10.0. The van der Waals surface area contributed by atoms with Gasteiger partial charge in [-0.25, -0.2) is 13.8 Å². The Morgan fingerprint density at radius 1 is 0.969 bits per heavy atom. The van der Waals surface area contributed by atoms with E-state index in [1.54, 1.807) is 6.07 Å². The van der Waals surface area contributed by atoms with Crippen LogP contribution in [0.15, 0.2) is 90.0 Å². The van der Waals surface area contributed by atoms with E-state index in [0.717, 1.165) is 21.7 Å². The molecule has 7 nitrogen and oxygen atoms in total. The van der Waals surface area contributed by atoms with Crippen molar-refractivity contribution in [2.24, 2.45) is 5.10 Å². The van der Waals surface area contributed by atoms with E-state index in [-0.39, 0.29) is 13.1 Å². The van der Waals surface area contributed by atoms with E-state index in [1.165, 1.54) is 6.21 Å². The highest BCUT2D eigenvalue weighted by atomic mass is 32.2. The molecule has 0 unspecified atom stereocenters. The summed E-state index contributed by atoms with van der Waals surface area (Å²) in [5, 5.41) is 3.94. The van der Waals surface area contributed by atoms with Gasteiger partial charge in [-0.3, -0.25) is 4.79 Å². The summed E-state index contributed by atoms with van der Waals surface area (Å²) in [6, 6.07) is 26.1. The van der Waals surface area contributed by atoms with Gasteiger partial charge >= 0.3 is 0 Å². The molecule has 3 rings (SSSR count). The zero-order chi connectivity index (χ0) is 22.8. The fourth-order valence-electron chi connectivity index (χ4n) is 2.92. The number of amides is 1. The molecular weight excluding hydrogens is 426 g/mol. The molecule has 0 saturated carbocycles. The molecule has 0 heterocycles. The summed E-state index contributed by atoms with van der Waals surface area (Å²) in [6.07, 6.45) is 3.08. The molecule has 3 aromatic carbocycles. The Hall–Kier alpha value is -3.49. The average molecular weight is 452 g/mol. The van der Waals surface area contributed by atoms with Gasteiger partial charge < -0.3 is 4.74 Å². The zero-order valence-corrected chi connectivity index (χ0v) is 18.5. The van der Waals surface area contributed by atoms with Crippen LogP contribution in [0.1, 0.15) is 11.1 Å². The first-order valence-corrected chi connectivity index (χ1v) is 11.9. The van der Waals surface area contributed by atoms with E-state index in [4.69, 9.17) is 4.74 Å². The van der Waals surface area contributed by atoms with E-state index >= 15 is 0 Å². The standard InChI is InChI=1S/C24H25N3O4S/c1-32(29,30)27(16-15-20-9-4-2-5-10-20)19-24(28)26-25-18-21-11-8-14-23(17-21)31-22-12-6-3-7-13-22/h2-14,17-18H,15-16,19H2,1H3,(H,26,28)/b25-18+. The summed E-state index contributed by atoms with van der Waals surface area (Å²) in [5.41, 5.74) is 4.11. The van der Waals surface area contributed by atoms with Crippen LogP contribution in [0.5, 0.6) is 11.5 Å². The maximum atomic E-state index is 12.3. The largest absolute Gasteiger partial charge is 0.457 e. The van der Waals surface area contributed by atoms with Crippen molar-refractivity contribution in [2.75, 3.05) is 19.3 Å². The topological polar surface area (TPSA) is 88.1 Å². The number of nitrogens with zero attached hydrogens (tertiary/aromatic N) is 2. The van der Waals surface area contributed by atoms with Gasteiger partial charge in [-0.05, 0) is 41.8 Å². The molecule has 0 saturated heterocycles. The lowest BCUT2D eigenvalue weighted by Gasteiger charge is -2.18. The average Bonchev–Trinajstić information content (AvgIpc) is 2.77. The molecule has 0 bridgehead atoms. The molecule has 0 aliphatic rings. The summed E-state index contributed by atoms with van der Waals surface area (Å²) in [7, 11) is -3.54. The number of ether oxygens (including phenoxy) is 1. The van der Waals surface area contributed by atoms with Crippen LogP contribution in [-0.2, 0) is 21.2 Å². The van der Waals surface area contributed by atoms with E-state index in [1.807, 2.05) is 78.9 Å². The second-order valence-electron chi connectivity index (χ2n) is 7.11. The van der Waals surface area contributed by atoms with Crippen molar-refractivity contribution in [3.05, 3.63) is 96.1 Å². The highest BCUT2D eigenvalue weighted by Crippen LogP contribution is 2.21. The predicted molar refractivity (Wildman–Crippen MR) is 125 cm³/mol. The lowest BCUT2D eigenvalue weighted by molar-refractivity contribution is -0.121. The number of hydrogen-bond donors (Lipinski definition) is 1. The SMILES string of the molecule is CS(=O)(=O)N(CCc1ccccc1)CC(=O)N/N=C/c1cccc(Oc2ccccc2)c1. The van der Waals surface area contributed by atoms with Crippen LogP contribution in [-0.4, -0.2) is 44.2 Å². The van der Waals surface area contributed by atoms with Crippen LogP contribution in [0.3, 0.4) is 0 Å². The van der Waals surface area contributed by atoms with Crippen LogP contribution >= 0.6 is 0 Å². The van der Waals surface area contributed by atoms with Gasteiger partial charge in [0.05, 0.1) is 19.0 Å². The molecular formula is C24H25N3O4S. The molecule has 0 aliphatic heterocycles. The molecule has 0 fully saturated rings. The molecule has 3 aromatic rings. The number of hydrazone groups is 1. The number of benzene rings is 3. The summed E-state index contributed by atoms with van der Waals surface area (Å²) in [6.45, 7) is -0.0982. The van der Waals surface area contributed by atoms with Gasteiger partial charge in [0.25, 0.3) is 5.91 Å². The van der Waals surface area contributed by atoms with E-state index < -0.39 is 15.9 Å². The lowest BCUT2D eigenvalue weighted by Crippen LogP contribution is -2.40. The fraction of sp³-hybridized carbons (Fsp3) is 0.167. The molecule has 32 heavy (non-hydrogen) atoms. The van der Waals surface area contributed by atoms with Crippen LogP contribution in [0.2, 0.25) is 0 Å². The quantitative estimate of drug-likeness (QED) is 0.378. The van der Waals surface area contributed by atoms with Gasteiger partial charge in [0, 0.05) is 6.54 Å². The number of nitrogens with one attached hydrogen (secondary N) is 1. The molecule has 166 valence electrons. The zero-order valence-electron chi connectivity index (χ0n) is 17.7. The van der Waals surface area contributed by atoms with Gasteiger partial charge in [0.15, 0.2) is 0 Å². The maximum Gasteiger partial charge on any atom is 0.255 e. The maximum absolute atomic E-state index is 12.3. The van der Waals surface area contributed by atoms with Gasteiger partial charge in [-0.2, -0.15) is 9.41 Å². The second kappa shape index (κ2) is 11.2. The van der Waals surface area contributed by atoms with Crippen molar-refractivity contribution in [3.8, 4) is 11.5 Å². The Labute approximate surface area is 188 Å². The molecule has 1 amide bonds. The van der Waals surface area contributed by atoms with Crippen LogP contribution < -0.4 is 10.2 Å². The minimum Gasteiger partial charge on any atom is -0.457 e. The highest BCUT2D eigenvalue weighted by Gasteiger charge is 2.19. The van der Waals surface area contributed by atoms with Crippen LogP contribution in [0.4, 0.5) is 0 Å². The van der Waals surface area contributed by atoms with Crippen LogP contribution in [0, 0.1) is 0 Å². The lowest BCUT2D eigenvalue weighted by atomic mass is 10.1. The first kappa shape index (κ1) is 23.2. The minimum absolute atomic E-state index is 0.207. The van der Waals surface area contributed by atoms with Crippen molar-refractivity contribution >= 4 is 22.1 Å². The van der Waals surface area contributed by atoms with Crippen molar-refractivity contribution in [3.63, 3.8) is 0 Å². The van der Waals surface area contributed by atoms with Crippen molar-refractivity contribution in [1.82, 2.24) is 9.73 Å². The Morgan fingerprint density at radius 3 is 2.31 bits per heavy atom. The van der Waals surface area contributed by atoms with Gasteiger partial charge in [0.1, 0.15) is 11.5 Å². The second-order valence-corrected chi connectivity index (χ2v) is 9.10. The van der Waals surface area contributed by atoms with Gasteiger partial charge in [0.2, 0.25) is 10.0 Å². The van der Waals surface area contributed by atoms with E-state index in [0.29, 0.717) is 17.9 Å². The molecule has 0 radical (unpaired) electrons. The number of para-hydroxylation sites is 1. The Bertz CT molecular complexity index is 1150. The number of rotatable bonds is 10. The monoisotopic (exact) mass is 451 g/mol. The third kappa shape index (κ3) is 7.64. The first-order chi connectivity index (χ1) is 15.4. The molecule has 0 spiro atoms. The molecule has 1 N–H and O–H groups in total. The van der Waals surface area contributed by atoms with E-state index in [9.17, 15) is 13.2 Å². The molecule has 0 atom stereocenters. The Morgan fingerprint density at radius 2 is 1.62 bits per heavy atom. The van der Waals surface area contributed by atoms with Crippen molar-refractivity contribution in [2.45, 2.75) is 6.42 Å². The normalized spacial score (nSPS) is 11.6. The minimum atomic E-state index is -3.54. The highest BCUT2D eigenvalue weighted by molar-refractivity contribution is 7.88. The number of carbonyl (C=O) groups excluding carboxylic acids is 1. The number of sulfonamides is 1. The van der Waals surface area contributed by atoms with E-state index in [2.05, 4.69) is 10.5 Å². The third-order valence-electron chi connectivity index (χ3n) is 4.52. The Kier molecular flexibility index (Phi) is 8.13. The smallest absolute Gasteiger partial charge is 0.255 e. The molecule has 8 heteroatoms. The van der Waals surface area contributed by atoms with Gasteiger partial charge in [-0.1, -0.05) is 60.7 Å². The fourth-order valence-corrected chi connectivity index (χ4v) is 3.69.